The zero-order chi connectivity index (χ0) is 12.3. The highest BCUT2D eigenvalue weighted by Gasteiger charge is 2.17. The molecule has 1 N–H and O–H groups in total. The van der Waals surface area contributed by atoms with Crippen molar-refractivity contribution >= 4 is 22.9 Å². The summed E-state index contributed by atoms with van der Waals surface area (Å²) in [5.41, 5.74) is 2.32. The highest BCUT2D eigenvalue weighted by molar-refractivity contribution is 7.10. The molecule has 2 aromatic heterocycles. The Bertz CT molecular complexity index is 478. The highest BCUT2D eigenvalue weighted by Crippen LogP contribution is 2.28. The molecule has 1 unspecified atom stereocenters. The van der Waals surface area contributed by atoms with Crippen LogP contribution < -0.4 is 5.32 Å². The monoisotopic (exact) mass is 266 g/mol. The number of hydrogen-bond acceptors (Lipinski definition) is 3. The first-order valence-electron chi connectivity index (χ1n) is 5.61. The number of aryl methyl sites for hydroxylation is 1. The third kappa shape index (κ3) is 2.86. The first-order chi connectivity index (χ1) is 8.22. The van der Waals surface area contributed by atoms with Gasteiger partial charge in [-0.1, -0.05) is 18.5 Å². The predicted molar refractivity (Wildman–Crippen MR) is 73.8 cm³/mol. The Hall–Kier alpha value is -0.900. The molecule has 2 aromatic rings. The van der Waals surface area contributed by atoms with Crippen LogP contribution in [0, 0.1) is 6.92 Å². The van der Waals surface area contributed by atoms with Crippen molar-refractivity contribution in [2.45, 2.75) is 19.9 Å². The Labute approximate surface area is 111 Å². The van der Waals surface area contributed by atoms with E-state index in [1.165, 1.54) is 10.4 Å². The second kappa shape index (κ2) is 5.63. The third-order valence-electron chi connectivity index (χ3n) is 2.62. The van der Waals surface area contributed by atoms with Crippen LogP contribution in [0.25, 0.3) is 0 Å². The van der Waals surface area contributed by atoms with Gasteiger partial charge < -0.3 is 5.32 Å². The molecule has 0 fully saturated rings. The summed E-state index contributed by atoms with van der Waals surface area (Å²) in [5, 5.41) is 6.26. The van der Waals surface area contributed by atoms with Crippen LogP contribution >= 0.6 is 22.9 Å². The molecule has 0 amide bonds. The van der Waals surface area contributed by atoms with Crippen molar-refractivity contribution in [2.75, 3.05) is 6.54 Å². The molecule has 1 atom stereocenters. The summed E-state index contributed by atoms with van der Waals surface area (Å²) in [6.45, 7) is 5.14. The summed E-state index contributed by atoms with van der Waals surface area (Å²) in [6.07, 6.45) is 1.70. The van der Waals surface area contributed by atoms with Crippen molar-refractivity contribution in [3.63, 3.8) is 0 Å². The fourth-order valence-corrected chi connectivity index (χ4v) is 2.90. The van der Waals surface area contributed by atoms with Gasteiger partial charge in [0, 0.05) is 11.1 Å². The molecule has 2 nitrogen and oxygen atoms in total. The van der Waals surface area contributed by atoms with Crippen molar-refractivity contribution in [1.82, 2.24) is 10.3 Å². The van der Waals surface area contributed by atoms with Gasteiger partial charge in [0.05, 0.1) is 16.8 Å². The van der Waals surface area contributed by atoms with E-state index in [2.05, 4.69) is 35.6 Å². The lowest BCUT2D eigenvalue weighted by Gasteiger charge is -2.17. The number of nitrogens with zero attached hydrogens (tertiary/aromatic N) is 1. The van der Waals surface area contributed by atoms with E-state index >= 15 is 0 Å². The van der Waals surface area contributed by atoms with Crippen molar-refractivity contribution < 1.29 is 0 Å². The minimum absolute atomic E-state index is 0.164. The summed E-state index contributed by atoms with van der Waals surface area (Å²) in [4.78, 5) is 5.73. The van der Waals surface area contributed by atoms with Gasteiger partial charge in [-0.2, -0.15) is 0 Å². The maximum Gasteiger partial charge on any atom is 0.0847 e. The van der Waals surface area contributed by atoms with Gasteiger partial charge in [0.1, 0.15) is 0 Å². The molecule has 0 saturated carbocycles. The van der Waals surface area contributed by atoms with Gasteiger partial charge in [-0.15, -0.1) is 11.3 Å². The van der Waals surface area contributed by atoms with Crippen LogP contribution in [-0.2, 0) is 0 Å². The van der Waals surface area contributed by atoms with Crippen LogP contribution in [0.4, 0.5) is 0 Å². The molecule has 4 heteroatoms. The Morgan fingerprint density at radius 2 is 2.24 bits per heavy atom. The molecule has 17 heavy (non-hydrogen) atoms. The summed E-state index contributed by atoms with van der Waals surface area (Å²) >= 11 is 7.63. The molecule has 0 spiro atoms. The summed E-state index contributed by atoms with van der Waals surface area (Å²) < 4.78 is 0. The quantitative estimate of drug-likeness (QED) is 0.910. The lowest BCUT2D eigenvalue weighted by molar-refractivity contribution is 0.622. The van der Waals surface area contributed by atoms with E-state index in [1.54, 1.807) is 17.5 Å². The molecule has 0 aliphatic carbocycles. The fourth-order valence-electron chi connectivity index (χ4n) is 1.77. The average molecular weight is 267 g/mol. The molecule has 2 rings (SSSR count). The molecule has 2 heterocycles. The first-order valence-corrected chi connectivity index (χ1v) is 6.87. The third-order valence-corrected chi connectivity index (χ3v) is 3.93. The summed E-state index contributed by atoms with van der Waals surface area (Å²) in [7, 11) is 0. The lowest BCUT2D eigenvalue weighted by Crippen LogP contribution is -2.22. The minimum atomic E-state index is 0.164. The smallest absolute Gasteiger partial charge is 0.0847 e. The molecule has 0 aromatic carbocycles. The van der Waals surface area contributed by atoms with Crippen molar-refractivity contribution in [3.05, 3.63) is 50.9 Å². The van der Waals surface area contributed by atoms with Gasteiger partial charge in [-0.3, -0.25) is 4.98 Å². The van der Waals surface area contributed by atoms with Crippen LogP contribution in [-0.4, -0.2) is 11.5 Å². The minimum Gasteiger partial charge on any atom is -0.305 e. The number of aromatic nitrogens is 1. The van der Waals surface area contributed by atoms with E-state index in [-0.39, 0.29) is 6.04 Å². The van der Waals surface area contributed by atoms with Gasteiger partial charge in [0.25, 0.3) is 0 Å². The number of pyridine rings is 1. The van der Waals surface area contributed by atoms with Crippen LogP contribution in [0.15, 0.2) is 29.8 Å². The highest BCUT2D eigenvalue weighted by atomic mass is 35.5. The zero-order valence-corrected chi connectivity index (χ0v) is 11.5. The van der Waals surface area contributed by atoms with Crippen LogP contribution in [0.1, 0.15) is 29.1 Å². The van der Waals surface area contributed by atoms with E-state index in [1.807, 2.05) is 12.1 Å². The van der Waals surface area contributed by atoms with Gasteiger partial charge in [0.2, 0.25) is 0 Å². The van der Waals surface area contributed by atoms with E-state index in [4.69, 9.17) is 11.6 Å². The lowest BCUT2D eigenvalue weighted by atomic mass is 10.1. The van der Waals surface area contributed by atoms with E-state index in [9.17, 15) is 0 Å². The van der Waals surface area contributed by atoms with Crippen LogP contribution in [0.3, 0.4) is 0 Å². The maximum absolute atomic E-state index is 5.87. The van der Waals surface area contributed by atoms with Crippen LogP contribution in [0.5, 0.6) is 0 Å². The zero-order valence-electron chi connectivity index (χ0n) is 9.90. The molecule has 0 radical (unpaired) electrons. The molecule has 0 aliphatic rings. The normalized spacial score (nSPS) is 12.6. The predicted octanol–water partition coefficient (Wildman–Crippen LogP) is 3.80. The Balaban J connectivity index is 2.35. The van der Waals surface area contributed by atoms with Gasteiger partial charge in [-0.25, -0.2) is 0 Å². The molecule has 90 valence electrons. The van der Waals surface area contributed by atoms with Crippen molar-refractivity contribution in [2.24, 2.45) is 0 Å². The summed E-state index contributed by atoms with van der Waals surface area (Å²) in [5.74, 6) is 0. The molecule has 0 aliphatic heterocycles. The fraction of sp³-hybridized carbons (Fsp3) is 0.308. The molecule has 0 bridgehead atoms. The number of rotatable bonds is 4. The Morgan fingerprint density at radius 3 is 2.76 bits per heavy atom. The van der Waals surface area contributed by atoms with Crippen molar-refractivity contribution in [3.8, 4) is 0 Å². The van der Waals surface area contributed by atoms with Gasteiger partial charge >= 0.3 is 0 Å². The molecule has 0 saturated heterocycles. The number of thiophene rings is 1. The molecular weight excluding hydrogens is 252 g/mol. The SMILES string of the molecule is CCNC(c1ccc(Cl)cn1)c1sccc1C. The summed E-state index contributed by atoms with van der Waals surface area (Å²) in [6, 6.07) is 6.17. The number of nitrogens with one attached hydrogen (secondary N) is 1. The topological polar surface area (TPSA) is 24.9 Å². The molecular formula is C13H15ClN2S. The van der Waals surface area contributed by atoms with Crippen molar-refractivity contribution in [1.29, 1.82) is 0 Å². The van der Waals surface area contributed by atoms with Gasteiger partial charge in [-0.05, 0) is 42.6 Å². The largest absolute Gasteiger partial charge is 0.305 e. The Kier molecular flexibility index (Phi) is 4.15. The maximum atomic E-state index is 5.87. The second-order valence-electron chi connectivity index (χ2n) is 3.86. The van der Waals surface area contributed by atoms with E-state index < -0.39 is 0 Å². The van der Waals surface area contributed by atoms with Crippen LogP contribution in [0.2, 0.25) is 5.02 Å². The van der Waals surface area contributed by atoms with E-state index in [0.29, 0.717) is 5.02 Å². The second-order valence-corrected chi connectivity index (χ2v) is 5.24. The Morgan fingerprint density at radius 1 is 1.41 bits per heavy atom. The van der Waals surface area contributed by atoms with Gasteiger partial charge in [0.15, 0.2) is 0 Å². The average Bonchev–Trinajstić information content (AvgIpc) is 2.74. The first kappa shape index (κ1) is 12.6. The standard InChI is InChI=1S/C13H15ClN2S/c1-3-15-12(13-9(2)6-7-17-13)11-5-4-10(14)8-16-11/h4-8,12,15H,3H2,1-2H3. The number of hydrogen-bond donors (Lipinski definition) is 1. The number of halogens is 1. The van der Waals surface area contributed by atoms with E-state index in [0.717, 1.165) is 12.2 Å².